The van der Waals surface area contributed by atoms with E-state index in [1.54, 1.807) is 6.07 Å². The molecule has 0 radical (unpaired) electrons. The quantitative estimate of drug-likeness (QED) is 0.842. The second kappa shape index (κ2) is 5.91. The summed E-state index contributed by atoms with van der Waals surface area (Å²) in [6.45, 7) is 0.970. The largest absolute Gasteiger partial charge is 0.465 e. The fraction of sp³-hybridized carbons (Fsp3) is 0.571. The molecule has 1 aliphatic rings. The van der Waals surface area contributed by atoms with Gasteiger partial charge in [0.1, 0.15) is 5.82 Å². The Morgan fingerprint density at radius 3 is 2.84 bits per heavy atom. The highest BCUT2D eigenvalue weighted by Gasteiger charge is 2.19. The second-order valence-corrected chi connectivity index (χ2v) is 5.15. The van der Waals surface area contributed by atoms with Crippen molar-refractivity contribution in [2.45, 2.75) is 25.7 Å². The van der Waals surface area contributed by atoms with E-state index in [4.69, 9.17) is 10.5 Å². The third kappa shape index (κ3) is 3.16. The number of ether oxygens (including phenoxy) is 1. The molecular formula is C14H21N3O2. The van der Waals surface area contributed by atoms with Crippen molar-refractivity contribution < 1.29 is 9.53 Å². The third-order valence-corrected chi connectivity index (χ3v) is 3.72. The van der Waals surface area contributed by atoms with Crippen LogP contribution in [0, 0.1) is 5.92 Å². The molecule has 5 heteroatoms. The predicted octanol–water partition coefficient (Wildman–Crippen LogP) is 2.08. The number of carbonyl (C=O) groups is 1. The molecule has 1 aromatic heterocycles. The van der Waals surface area contributed by atoms with E-state index in [-0.39, 0.29) is 0 Å². The van der Waals surface area contributed by atoms with Gasteiger partial charge in [-0.15, -0.1) is 0 Å². The van der Waals surface area contributed by atoms with Crippen LogP contribution in [0.3, 0.4) is 0 Å². The van der Waals surface area contributed by atoms with E-state index in [1.807, 2.05) is 7.05 Å². The Hall–Kier alpha value is -1.78. The van der Waals surface area contributed by atoms with Gasteiger partial charge in [-0.1, -0.05) is 12.8 Å². The molecule has 0 bridgehead atoms. The minimum Gasteiger partial charge on any atom is -0.465 e. The Labute approximate surface area is 113 Å². The van der Waals surface area contributed by atoms with Crippen molar-refractivity contribution in [3.8, 4) is 0 Å². The summed E-state index contributed by atoms with van der Waals surface area (Å²) in [6.07, 6.45) is 6.72. The lowest BCUT2D eigenvalue weighted by molar-refractivity contribution is 0.0602. The molecule has 1 heterocycles. The smallest absolute Gasteiger partial charge is 0.340 e. The van der Waals surface area contributed by atoms with Gasteiger partial charge in [0.25, 0.3) is 0 Å². The van der Waals surface area contributed by atoms with E-state index in [0.29, 0.717) is 11.3 Å². The fourth-order valence-corrected chi connectivity index (χ4v) is 2.62. The van der Waals surface area contributed by atoms with E-state index in [1.165, 1.54) is 39.0 Å². The molecule has 0 aliphatic heterocycles. The van der Waals surface area contributed by atoms with Crippen LogP contribution in [0.2, 0.25) is 0 Å². The maximum atomic E-state index is 11.6. The highest BCUT2D eigenvalue weighted by Crippen LogP contribution is 2.27. The molecule has 0 spiro atoms. The number of methoxy groups -OCH3 is 1. The summed E-state index contributed by atoms with van der Waals surface area (Å²) >= 11 is 0. The highest BCUT2D eigenvalue weighted by molar-refractivity contribution is 5.95. The summed E-state index contributed by atoms with van der Waals surface area (Å²) in [5.74, 6) is 1.07. The van der Waals surface area contributed by atoms with Gasteiger partial charge in [-0.05, 0) is 24.8 Å². The molecular weight excluding hydrogens is 242 g/mol. The van der Waals surface area contributed by atoms with Crippen LogP contribution in [0.5, 0.6) is 0 Å². The summed E-state index contributed by atoms with van der Waals surface area (Å²) in [7, 11) is 3.35. The van der Waals surface area contributed by atoms with E-state index in [2.05, 4.69) is 9.88 Å². The number of hydrogen-bond acceptors (Lipinski definition) is 5. The lowest BCUT2D eigenvalue weighted by atomic mass is 10.1. The van der Waals surface area contributed by atoms with Crippen molar-refractivity contribution in [1.82, 2.24) is 4.98 Å². The molecule has 104 valence electrons. The van der Waals surface area contributed by atoms with Gasteiger partial charge >= 0.3 is 5.97 Å². The summed E-state index contributed by atoms with van der Waals surface area (Å²) in [6, 6.07) is 1.70. The predicted molar refractivity (Wildman–Crippen MR) is 75.2 cm³/mol. The zero-order valence-corrected chi connectivity index (χ0v) is 11.6. The van der Waals surface area contributed by atoms with Crippen molar-refractivity contribution in [2.24, 2.45) is 5.92 Å². The van der Waals surface area contributed by atoms with Crippen molar-refractivity contribution in [1.29, 1.82) is 0 Å². The molecule has 5 nitrogen and oxygen atoms in total. The van der Waals surface area contributed by atoms with Gasteiger partial charge in [-0.25, -0.2) is 9.78 Å². The number of nitrogens with zero attached hydrogens (tertiary/aromatic N) is 2. The normalized spacial score (nSPS) is 15.5. The number of nitrogens with two attached hydrogens (primary N) is 1. The van der Waals surface area contributed by atoms with Gasteiger partial charge in [0, 0.05) is 13.6 Å². The van der Waals surface area contributed by atoms with Crippen LogP contribution in [-0.2, 0) is 4.74 Å². The first-order valence-corrected chi connectivity index (χ1v) is 6.66. The van der Waals surface area contributed by atoms with E-state index >= 15 is 0 Å². The van der Waals surface area contributed by atoms with Crippen LogP contribution in [0.25, 0.3) is 0 Å². The van der Waals surface area contributed by atoms with Gasteiger partial charge in [0.05, 0.1) is 24.6 Å². The number of aromatic nitrogens is 1. The third-order valence-electron chi connectivity index (χ3n) is 3.72. The van der Waals surface area contributed by atoms with Gasteiger partial charge in [0.2, 0.25) is 0 Å². The van der Waals surface area contributed by atoms with Crippen LogP contribution in [0.4, 0.5) is 11.5 Å². The zero-order chi connectivity index (χ0) is 13.8. The van der Waals surface area contributed by atoms with Crippen LogP contribution < -0.4 is 10.6 Å². The zero-order valence-electron chi connectivity index (χ0n) is 11.6. The van der Waals surface area contributed by atoms with Crippen LogP contribution >= 0.6 is 0 Å². The summed E-state index contributed by atoms with van der Waals surface area (Å²) in [5, 5.41) is 0. The first-order chi connectivity index (χ1) is 9.11. The van der Waals surface area contributed by atoms with Crippen molar-refractivity contribution in [3.05, 3.63) is 17.8 Å². The summed E-state index contributed by atoms with van der Waals surface area (Å²) in [4.78, 5) is 18.0. The number of nitrogen functional groups attached to an aromatic ring is 1. The Morgan fingerprint density at radius 2 is 2.21 bits per heavy atom. The highest BCUT2D eigenvalue weighted by atomic mass is 16.5. The molecule has 1 aromatic rings. The first kappa shape index (κ1) is 13.6. The molecule has 1 aliphatic carbocycles. The first-order valence-electron chi connectivity index (χ1n) is 6.66. The molecule has 0 saturated heterocycles. The Kier molecular flexibility index (Phi) is 4.24. The van der Waals surface area contributed by atoms with E-state index < -0.39 is 5.97 Å². The van der Waals surface area contributed by atoms with Crippen LogP contribution in [0.1, 0.15) is 36.0 Å². The Balaban J connectivity index is 2.12. The maximum Gasteiger partial charge on any atom is 0.340 e. The number of rotatable bonds is 4. The Bertz CT molecular complexity index is 456. The minimum atomic E-state index is -0.421. The SMILES string of the molecule is COC(=O)c1cc(N(C)CC2CCCC2)ncc1N. The molecule has 2 rings (SSSR count). The van der Waals surface area contributed by atoms with Gasteiger partial charge in [-0.2, -0.15) is 0 Å². The average molecular weight is 263 g/mol. The van der Waals surface area contributed by atoms with Crippen LogP contribution in [-0.4, -0.2) is 31.7 Å². The van der Waals surface area contributed by atoms with Crippen molar-refractivity contribution >= 4 is 17.5 Å². The monoisotopic (exact) mass is 263 g/mol. The number of hydrogen-bond donors (Lipinski definition) is 1. The van der Waals surface area contributed by atoms with Gasteiger partial charge in [0.15, 0.2) is 0 Å². The van der Waals surface area contributed by atoms with Crippen LogP contribution in [0.15, 0.2) is 12.3 Å². The fourth-order valence-electron chi connectivity index (χ4n) is 2.62. The number of carbonyl (C=O) groups excluding carboxylic acids is 1. The molecule has 1 saturated carbocycles. The van der Waals surface area contributed by atoms with Gasteiger partial charge < -0.3 is 15.4 Å². The van der Waals surface area contributed by atoms with Crippen molar-refractivity contribution in [2.75, 3.05) is 31.3 Å². The molecule has 2 N–H and O–H groups in total. The minimum absolute atomic E-state index is 0.352. The molecule has 0 atom stereocenters. The van der Waals surface area contributed by atoms with Crippen molar-refractivity contribution in [3.63, 3.8) is 0 Å². The Morgan fingerprint density at radius 1 is 1.53 bits per heavy atom. The van der Waals surface area contributed by atoms with E-state index in [0.717, 1.165) is 18.3 Å². The molecule has 0 unspecified atom stereocenters. The molecule has 19 heavy (non-hydrogen) atoms. The number of esters is 1. The summed E-state index contributed by atoms with van der Waals surface area (Å²) < 4.78 is 4.72. The maximum absolute atomic E-state index is 11.6. The standard InChI is InChI=1S/C14H21N3O2/c1-17(9-10-5-3-4-6-10)13-7-11(14(18)19-2)12(15)8-16-13/h7-8,10H,3-6,9,15H2,1-2H3. The average Bonchev–Trinajstić information content (AvgIpc) is 2.91. The van der Waals surface area contributed by atoms with E-state index in [9.17, 15) is 4.79 Å². The second-order valence-electron chi connectivity index (χ2n) is 5.15. The topological polar surface area (TPSA) is 68.5 Å². The molecule has 0 amide bonds. The lowest BCUT2D eigenvalue weighted by Crippen LogP contribution is -2.25. The number of pyridine rings is 1. The molecule has 0 aromatic carbocycles. The lowest BCUT2D eigenvalue weighted by Gasteiger charge is -2.22. The summed E-state index contributed by atoms with van der Waals surface area (Å²) in [5.41, 5.74) is 6.48. The molecule has 1 fully saturated rings. The van der Waals surface area contributed by atoms with Gasteiger partial charge in [-0.3, -0.25) is 0 Å². The number of anilines is 2.